The summed E-state index contributed by atoms with van der Waals surface area (Å²) in [5.74, 6) is 0. The number of halogens is 1. The van der Waals surface area contributed by atoms with Gasteiger partial charge in [0.2, 0.25) is 0 Å². The Hall–Kier alpha value is -1.01. The molecule has 0 amide bonds. The van der Waals surface area contributed by atoms with Crippen LogP contribution in [0.4, 0.5) is 0 Å². The largest absolute Gasteiger partial charge is 0.293 e. The average Bonchev–Trinajstić information content (AvgIpc) is 2.77. The molecule has 0 fully saturated rings. The van der Waals surface area contributed by atoms with E-state index in [-0.39, 0.29) is 0 Å². The van der Waals surface area contributed by atoms with E-state index in [1.54, 1.807) is 11.8 Å². The minimum atomic E-state index is 0.999. The summed E-state index contributed by atoms with van der Waals surface area (Å²) in [4.78, 5) is 4.73. The van der Waals surface area contributed by atoms with Gasteiger partial charge in [-0.05, 0) is 41.0 Å². The minimum Gasteiger partial charge on any atom is -0.293 e. The molecule has 0 spiro atoms. The van der Waals surface area contributed by atoms with Crippen LogP contribution in [0.1, 0.15) is 0 Å². The van der Waals surface area contributed by atoms with Crippen LogP contribution in [-0.4, -0.2) is 15.6 Å². The molecule has 0 aliphatic heterocycles. The van der Waals surface area contributed by atoms with Gasteiger partial charge >= 0.3 is 0 Å². The Morgan fingerprint density at radius 1 is 1.11 bits per heavy atom. The van der Waals surface area contributed by atoms with Gasteiger partial charge in [0, 0.05) is 15.3 Å². The fraction of sp³-hybridized carbons (Fsp3) is 0.0714. The number of rotatable bonds is 2. The van der Waals surface area contributed by atoms with Crippen LogP contribution in [0.5, 0.6) is 0 Å². The summed E-state index contributed by atoms with van der Waals surface area (Å²) in [5, 5.41) is 1.19. The topological polar surface area (TPSA) is 17.3 Å². The molecule has 0 bridgehead atoms. The normalized spacial score (nSPS) is 11.0. The lowest BCUT2D eigenvalue weighted by molar-refractivity contribution is 1.05. The molecular formula is C14H11IN2S. The third kappa shape index (κ3) is 2.03. The van der Waals surface area contributed by atoms with E-state index in [0.717, 1.165) is 11.3 Å². The van der Waals surface area contributed by atoms with Crippen LogP contribution in [0.25, 0.3) is 16.9 Å². The highest BCUT2D eigenvalue weighted by Crippen LogP contribution is 2.30. The van der Waals surface area contributed by atoms with E-state index in [1.807, 2.05) is 18.2 Å². The lowest BCUT2D eigenvalue weighted by Crippen LogP contribution is -1.87. The number of hydrogen-bond acceptors (Lipinski definition) is 2. The summed E-state index contributed by atoms with van der Waals surface area (Å²) in [5.41, 5.74) is 3.23. The van der Waals surface area contributed by atoms with Crippen molar-refractivity contribution in [2.45, 2.75) is 5.03 Å². The van der Waals surface area contributed by atoms with E-state index >= 15 is 0 Å². The Labute approximate surface area is 124 Å². The summed E-state index contributed by atoms with van der Waals surface area (Å²) >= 11 is 4.06. The van der Waals surface area contributed by atoms with E-state index in [2.05, 4.69) is 63.7 Å². The van der Waals surface area contributed by atoms with Gasteiger partial charge in [-0.2, -0.15) is 0 Å². The molecule has 3 rings (SSSR count). The van der Waals surface area contributed by atoms with Crippen molar-refractivity contribution in [3.8, 4) is 11.3 Å². The maximum atomic E-state index is 4.73. The first-order chi connectivity index (χ1) is 8.79. The maximum absolute atomic E-state index is 4.73. The first-order valence-electron chi connectivity index (χ1n) is 5.56. The van der Waals surface area contributed by atoms with E-state index in [0.29, 0.717) is 0 Å². The van der Waals surface area contributed by atoms with Gasteiger partial charge in [0.1, 0.15) is 16.4 Å². The molecule has 0 aliphatic carbocycles. The summed E-state index contributed by atoms with van der Waals surface area (Å²) in [6.45, 7) is 0. The molecule has 3 aromatic rings. The highest BCUT2D eigenvalue weighted by Gasteiger charge is 2.12. The van der Waals surface area contributed by atoms with Crippen molar-refractivity contribution in [2.75, 3.05) is 6.26 Å². The summed E-state index contributed by atoms with van der Waals surface area (Å²) in [7, 11) is 0. The molecule has 1 aromatic carbocycles. The van der Waals surface area contributed by atoms with Gasteiger partial charge < -0.3 is 0 Å². The molecule has 2 heterocycles. The summed E-state index contributed by atoms with van der Waals surface area (Å²) in [6.07, 6.45) is 4.22. The zero-order chi connectivity index (χ0) is 12.5. The predicted molar refractivity (Wildman–Crippen MR) is 85.1 cm³/mol. The van der Waals surface area contributed by atoms with Gasteiger partial charge in [0.25, 0.3) is 0 Å². The first kappa shape index (κ1) is 12.0. The zero-order valence-corrected chi connectivity index (χ0v) is 12.8. The molecule has 0 unspecified atom stereocenters. The van der Waals surface area contributed by atoms with Crippen molar-refractivity contribution in [3.63, 3.8) is 0 Å². The molecule has 0 aliphatic rings. The molecular weight excluding hydrogens is 355 g/mol. The predicted octanol–water partition coefficient (Wildman–Crippen LogP) is 4.33. The monoisotopic (exact) mass is 366 g/mol. The lowest BCUT2D eigenvalue weighted by Gasteiger charge is -2.01. The first-order valence-corrected chi connectivity index (χ1v) is 7.87. The molecule has 0 saturated heterocycles. The quantitative estimate of drug-likeness (QED) is 0.496. The number of aromatic nitrogens is 2. The van der Waals surface area contributed by atoms with Gasteiger partial charge in [0.15, 0.2) is 0 Å². The number of pyridine rings is 1. The smallest absolute Gasteiger partial charge is 0.138 e. The molecule has 2 aromatic heterocycles. The maximum Gasteiger partial charge on any atom is 0.138 e. The number of imidazole rings is 1. The van der Waals surface area contributed by atoms with Crippen LogP contribution in [0, 0.1) is 3.57 Å². The van der Waals surface area contributed by atoms with Gasteiger partial charge in [-0.1, -0.05) is 30.3 Å². The average molecular weight is 366 g/mol. The molecule has 2 nitrogen and oxygen atoms in total. The van der Waals surface area contributed by atoms with Crippen LogP contribution in [-0.2, 0) is 0 Å². The standard InChI is InChI=1S/C14H11IN2S/c1-18-14-13(10-5-3-2-4-6-10)16-12-8-7-11(15)9-17(12)14/h2-9H,1H3. The second-order valence-electron chi connectivity index (χ2n) is 3.91. The SMILES string of the molecule is CSc1c(-c2ccccc2)nc2ccc(I)cn12. The van der Waals surface area contributed by atoms with Gasteiger partial charge in [-0.15, -0.1) is 11.8 Å². The second-order valence-corrected chi connectivity index (χ2v) is 5.95. The third-order valence-electron chi connectivity index (χ3n) is 2.78. The fourth-order valence-electron chi connectivity index (χ4n) is 1.98. The van der Waals surface area contributed by atoms with Crippen LogP contribution >= 0.6 is 34.4 Å². The molecule has 0 N–H and O–H groups in total. The Bertz CT molecular complexity index is 692. The number of fused-ring (bicyclic) bond motifs is 1. The Morgan fingerprint density at radius 2 is 1.89 bits per heavy atom. The Kier molecular flexibility index (Phi) is 3.30. The molecule has 4 heteroatoms. The molecule has 0 saturated carbocycles. The van der Waals surface area contributed by atoms with Crippen molar-refractivity contribution in [2.24, 2.45) is 0 Å². The molecule has 0 atom stereocenters. The summed E-state index contributed by atoms with van der Waals surface area (Å²) in [6, 6.07) is 14.5. The third-order valence-corrected chi connectivity index (χ3v) is 4.19. The van der Waals surface area contributed by atoms with Crippen LogP contribution in [0.15, 0.2) is 53.7 Å². The highest BCUT2D eigenvalue weighted by atomic mass is 127. The van der Waals surface area contributed by atoms with E-state index in [4.69, 9.17) is 4.98 Å². The van der Waals surface area contributed by atoms with Crippen molar-refractivity contribution >= 4 is 40.0 Å². The van der Waals surface area contributed by atoms with Gasteiger partial charge in [-0.25, -0.2) is 4.98 Å². The second kappa shape index (κ2) is 4.93. The molecule has 0 radical (unpaired) electrons. The van der Waals surface area contributed by atoms with Crippen molar-refractivity contribution in [1.82, 2.24) is 9.38 Å². The van der Waals surface area contributed by atoms with Gasteiger partial charge in [0.05, 0.1) is 0 Å². The number of hydrogen-bond donors (Lipinski definition) is 0. The van der Waals surface area contributed by atoms with E-state index < -0.39 is 0 Å². The Morgan fingerprint density at radius 3 is 2.61 bits per heavy atom. The van der Waals surface area contributed by atoms with E-state index in [9.17, 15) is 0 Å². The van der Waals surface area contributed by atoms with Gasteiger partial charge in [-0.3, -0.25) is 4.40 Å². The summed E-state index contributed by atoms with van der Waals surface area (Å²) < 4.78 is 3.38. The van der Waals surface area contributed by atoms with Crippen molar-refractivity contribution in [1.29, 1.82) is 0 Å². The minimum absolute atomic E-state index is 0.999. The van der Waals surface area contributed by atoms with Crippen LogP contribution in [0.2, 0.25) is 0 Å². The number of nitrogens with zero attached hydrogens (tertiary/aromatic N) is 2. The highest BCUT2D eigenvalue weighted by molar-refractivity contribution is 14.1. The van der Waals surface area contributed by atoms with E-state index in [1.165, 1.54) is 14.2 Å². The van der Waals surface area contributed by atoms with Crippen LogP contribution in [0.3, 0.4) is 0 Å². The Balaban J connectivity index is 2.30. The molecule has 18 heavy (non-hydrogen) atoms. The fourth-order valence-corrected chi connectivity index (χ4v) is 3.13. The number of thioether (sulfide) groups is 1. The lowest BCUT2D eigenvalue weighted by atomic mass is 10.2. The van der Waals surface area contributed by atoms with Crippen molar-refractivity contribution in [3.05, 3.63) is 52.2 Å². The zero-order valence-electron chi connectivity index (χ0n) is 9.80. The molecule has 90 valence electrons. The van der Waals surface area contributed by atoms with Crippen LogP contribution < -0.4 is 0 Å². The number of benzene rings is 1. The van der Waals surface area contributed by atoms with Crippen molar-refractivity contribution < 1.29 is 0 Å².